The Morgan fingerprint density at radius 2 is 1.76 bits per heavy atom. The van der Waals surface area contributed by atoms with Gasteiger partial charge in [0.15, 0.2) is 0 Å². The molecule has 0 aliphatic heterocycles. The molecule has 0 heterocycles. The summed E-state index contributed by atoms with van der Waals surface area (Å²) in [5, 5.41) is 5.38. The van der Waals surface area contributed by atoms with Crippen LogP contribution in [0.3, 0.4) is 0 Å². The Balaban J connectivity index is 2.55. The van der Waals surface area contributed by atoms with Crippen molar-refractivity contribution in [2.75, 3.05) is 13.2 Å². The zero-order valence-corrected chi connectivity index (χ0v) is 15.0. The molecule has 0 aliphatic carbocycles. The van der Waals surface area contributed by atoms with Crippen molar-refractivity contribution in [3.63, 3.8) is 0 Å². The molecule has 6 heteroatoms. The second-order valence-corrected chi connectivity index (χ2v) is 5.80. The van der Waals surface area contributed by atoms with Gasteiger partial charge in [-0.3, -0.25) is 9.59 Å². The van der Waals surface area contributed by atoms with Crippen LogP contribution in [0.5, 0.6) is 0 Å². The molecule has 1 rings (SSSR count). The van der Waals surface area contributed by atoms with E-state index in [1.54, 1.807) is 6.92 Å². The number of hydrogen-bond acceptors (Lipinski definition) is 4. The normalized spacial score (nSPS) is 11.4. The standard InChI is InChI=1S/C19H28N2O4/c1-3-5-9-12-20-17(22)14-16(19(24)25-4-2)21-18(23)13-15-10-7-6-8-11-15/h6-8,10-11,16H,3-5,9,12-14H2,1-2H3,(H,20,22)(H,21,23). The maximum atomic E-state index is 12.2. The SMILES string of the molecule is CCCCCNC(=O)CC(NC(=O)Cc1ccccc1)C(=O)OCC. The monoisotopic (exact) mass is 348 g/mol. The molecule has 1 unspecified atom stereocenters. The largest absolute Gasteiger partial charge is 0.464 e. The molecule has 0 saturated carbocycles. The van der Waals surface area contributed by atoms with Gasteiger partial charge < -0.3 is 15.4 Å². The average Bonchev–Trinajstić information content (AvgIpc) is 2.59. The van der Waals surface area contributed by atoms with Gasteiger partial charge in [-0.05, 0) is 18.9 Å². The number of hydrogen-bond donors (Lipinski definition) is 2. The lowest BCUT2D eigenvalue weighted by atomic mass is 10.1. The van der Waals surface area contributed by atoms with Crippen LogP contribution in [0.25, 0.3) is 0 Å². The van der Waals surface area contributed by atoms with Gasteiger partial charge in [0.2, 0.25) is 11.8 Å². The smallest absolute Gasteiger partial charge is 0.329 e. The highest BCUT2D eigenvalue weighted by Crippen LogP contribution is 2.02. The molecule has 25 heavy (non-hydrogen) atoms. The number of nitrogens with one attached hydrogen (secondary N) is 2. The number of carbonyl (C=O) groups excluding carboxylic acids is 3. The summed E-state index contributed by atoms with van der Waals surface area (Å²) in [5.41, 5.74) is 0.839. The number of rotatable bonds is 11. The van der Waals surface area contributed by atoms with Crippen molar-refractivity contribution in [1.29, 1.82) is 0 Å². The highest BCUT2D eigenvalue weighted by molar-refractivity contribution is 5.90. The number of amides is 2. The van der Waals surface area contributed by atoms with Crippen LogP contribution in [0, 0.1) is 0 Å². The van der Waals surface area contributed by atoms with Crippen molar-refractivity contribution in [2.24, 2.45) is 0 Å². The second-order valence-electron chi connectivity index (χ2n) is 5.80. The van der Waals surface area contributed by atoms with E-state index in [9.17, 15) is 14.4 Å². The Kier molecular flexibility index (Phi) is 9.97. The molecule has 0 bridgehead atoms. The zero-order valence-electron chi connectivity index (χ0n) is 15.0. The molecule has 1 atom stereocenters. The molecule has 6 nitrogen and oxygen atoms in total. The molecule has 2 N–H and O–H groups in total. The van der Waals surface area contributed by atoms with Crippen molar-refractivity contribution in [3.05, 3.63) is 35.9 Å². The third kappa shape index (κ3) is 8.88. The number of benzene rings is 1. The van der Waals surface area contributed by atoms with Crippen molar-refractivity contribution in [1.82, 2.24) is 10.6 Å². The summed E-state index contributed by atoms with van der Waals surface area (Å²) >= 11 is 0. The minimum Gasteiger partial charge on any atom is -0.464 e. The molecule has 0 saturated heterocycles. The van der Waals surface area contributed by atoms with Crippen LogP contribution in [0.2, 0.25) is 0 Å². The first-order valence-electron chi connectivity index (χ1n) is 8.83. The minimum absolute atomic E-state index is 0.120. The fourth-order valence-electron chi connectivity index (χ4n) is 2.32. The minimum atomic E-state index is -0.970. The third-order valence-electron chi connectivity index (χ3n) is 3.61. The molecule has 0 fully saturated rings. The maximum absolute atomic E-state index is 12.2. The summed E-state index contributed by atoms with van der Waals surface area (Å²) in [6, 6.07) is 8.25. The van der Waals surface area contributed by atoms with Crippen LogP contribution in [-0.2, 0) is 25.5 Å². The van der Waals surface area contributed by atoms with Gasteiger partial charge in [0.05, 0.1) is 19.4 Å². The third-order valence-corrected chi connectivity index (χ3v) is 3.61. The molecule has 0 aliphatic rings. The molecule has 2 amide bonds. The van der Waals surface area contributed by atoms with Crippen molar-refractivity contribution >= 4 is 17.8 Å². The van der Waals surface area contributed by atoms with E-state index >= 15 is 0 Å². The van der Waals surface area contributed by atoms with Gasteiger partial charge in [-0.25, -0.2) is 4.79 Å². The molecule has 0 aromatic heterocycles. The van der Waals surface area contributed by atoms with Crippen molar-refractivity contribution in [3.8, 4) is 0 Å². The van der Waals surface area contributed by atoms with Crippen LogP contribution in [-0.4, -0.2) is 37.0 Å². The molecular weight excluding hydrogens is 320 g/mol. The molecular formula is C19H28N2O4. The molecule has 1 aromatic carbocycles. The van der Waals surface area contributed by atoms with Gasteiger partial charge >= 0.3 is 5.97 Å². The van der Waals surface area contributed by atoms with E-state index in [2.05, 4.69) is 17.6 Å². The van der Waals surface area contributed by atoms with E-state index in [1.165, 1.54) is 0 Å². The highest BCUT2D eigenvalue weighted by atomic mass is 16.5. The quantitative estimate of drug-likeness (QED) is 0.473. The number of unbranched alkanes of at least 4 members (excludes halogenated alkanes) is 2. The highest BCUT2D eigenvalue weighted by Gasteiger charge is 2.25. The molecule has 138 valence electrons. The van der Waals surface area contributed by atoms with Crippen LogP contribution in [0.1, 0.15) is 45.1 Å². The van der Waals surface area contributed by atoms with E-state index in [4.69, 9.17) is 4.74 Å². The molecule has 0 spiro atoms. The van der Waals surface area contributed by atoms with Gasteiger partial charge in [0, 0.05) is 6.54 Å². The summed E-state index contributed by atoms with van der Waals surface area (Å²) in [6.45, 7) is 4.54. The lowest BCUT2D eigenvalue weighted by Crippen LogP contribution is -2.45. The van der Waals surface area contributed by atoms with Crippen molar-refractivity contribution < 1.29 is 19.1 Å². The summed E-state index contributed by atoms with van der Waals surface area (Å²) in [7, 11) is 0. The Morgan fingerprint density at radius 1 is 1.04 bits per heavy atom. The number of ether oxygens (including phenoxy) is 1. The fourth-order valence-corrected chi connectivity index (χ4v) is 2.32. The van der Waals surface area contributed by atoms with Gasteiger partial charge in [0.1, 0.15) is 6.04 Å². The van der Waals surface area contributed by atoms with E-state index in [0.29, 0.717) is 6.54 Å². The average molecular weight is 348 g/mol. The summed E-state index contributed by atoms with van der Waals surface area (Å²) in [4.78, 5) is 36.2. The first kappa shape index (κ1) is 20.7. The summed E-state index contributed by atoms with van der Waals surface area (Å²) in [6.07, 6.45) is 3.03. The number of esters is 1. The lowest BCUT2D eigenvalue weighted by molar-refractivity contribution is -0.148. The zero-order chi connectivity index (χ0) is 18.5. The van der Waals surface area contributed by atoms with Crippen molar-refractivity contribution in [2.45, 2.75) is 52.0 Å². The van der Waals surface area contributed by atoms with E-state index < -0.39 is 12.0 Å². The Labute approximate surface area is 149 Å². The van der Waals surface area contributed by atoms with Crippen LogP contribution < -0.4 is 10.6 Å². The number of carbonyl (C=O) groups is 3. The summed E-state index contributed by atoms with van der Waals surface area (Å²) in [5.74, 6) is -1.18. The predicted octanol–water partition coefficient (Wildman–Crippen LogP) is 1.97. The molecule has 1 aromatic rings. The van der Waals surface area contributed by atoms with E-state index in [-0.39, 0.29) is 31.3 Å². The van der Waals surface area contributed by atoms with Crippen LogP contribution in [0.15, 0.2) is 30.3 Å². The van der Waals surface area contributed by atoms with Crippen LogP contribution >= 0.6 is 0 Å². The Bertz CT molecular complexity index is 546. The van der Waals surface area contributed by atoms with Crippen LogP contribution in [0.4, 0.5) is 0 Å². The second kappa shape index (κ2) is 12.1. The van der Waals surface area contributed by atoms with Gasteiger partial charge in [0.25, 0.3) is 0 Å². The Morgan fingerprint density at radius 3 is 2.40 bits per heavy atom. The topological polar surface area (TPSA) is 84.5 Å². The van der Waals surface area contributed by atoms with E-state index in [1.807, 2.05) is 30.3 Å². The predicted molar refractivity (Wildman–Crippen MR) is 95.9 cm³/mol. The van der Waals surface area contributed by atoms with Gasteiger partial charge in [-0.2, -0.15) is 0 Å². The van der Waals surface area contributed by atoms with Gasteiger partial charge in [-0.1, -0.05) is 50.1 Å². The lowest BCUT2D eigenvalue weighted by Gasteiger charge is -2.17. The molecule has 0 radical (unpaired) electrons. The Hall–Kier alpha value is -2.37. The summed E-state index contributed by atoms with van der Waals surface area (Å²) < 4.78 is 4.97. The maximum Gasteiger partial charge on any atom is 0.329 e. The first-order valence-corrected chi connectivity index (χ1v) is 8.83. The first-order chi connectivity index (χ1) is 12.1. The van der Waals surface area contributed by atoms with Gasteiger partial charge in [-0.15, -0.1) is 0 Å². The fraction of sp³-hybridized carbons (Fsp3) is 0.526. The van der Waals surface area contributed by atoms with E-state index in [0.717, 1.165) is 24.8 Å².